The standard InChI is InChI=1S/2C21H27FN2O3.C21H28N2O4.C21H26N2O4.C20H26N2O4/c1-4-13-11-24-8-7-21(26)18-16(6-5-15(22)19(18)27-3)23-20(21)17(24)10-14(13)9-12(2)25;1-4-13-12-24-9-8-21(22)19-15(6-5-7-17(19)26-2)23-20(21)16(24)10-14(13)11-18(25)27-3;2*1-4-13-12-23-9-8-21(25)19-15(6-5-7-17(19)26-2)22-20(21)16(23)10-14(13)11-18(24)27-3;1-3-12-11-22-8-7-20(25)18-14(5-4-6-16(18)23)21-19(20)15(22)9-13(12)10-17(24)26-2/h5-6,13-14,17,26H,4,7-11H2,1-3H3;5-7,13-14,16H,4,8-12H2,1-3H3;5-7,13-14,16,25H,4,8-12H2,1-3H3;4-7,13-14,16,25H,1,8-12H2,2-3H3;4-6,12-13,15,23,25H,3,7-11H2,1-2H3/t13-,14+,17-,21+;13-,14-,16-,21+;13-,14-,16+,21+;13-,14-,16-,21+;12-,13-,15-,20+/m11111/s1. The number of ketones is 1. The van der Waals surface area contributed by atoms with E-state index in [1.54, 1.807) is 52.5 Å². The zero-order chi connectivity index (χ0) is 95.4. The fraction of sp³-hybridized carbons (Fsp3) is 0.596. The number of alkyl halides is 1. The largest absolute Gasteiger partial charge is 0.507 e. The molecule has 5 N–H and O–H groups in total. The highest BCUT2D eigenvalue weighted by molar-refractivity contribution is 6.09. The Labute approximate surface area is 784 Å². The lowest BCUT2D eigenvalue weighted by Gasteiger charge is -2.50. The molecule has 5 aromatic carbocycles. The van der Waals surface area contributed by atoms with Gasteiger partial charge in [0.1, 0.15) is 51.2 Å². The molecular formula is C104H134F2N10O18. The van der Waals surface area contributed by atoms with Gasteiger partial charge in [-0.05, 0) is 185 Å². The van der Waals surface area contributed by atoms with Crippen molar-refractivity contribution in [3.8, 4) is 28.7 Å². The van der Waals surface area contributed by atoms with Crippen molar-refractivity contribution in [3.05, 3.63) is 131 Å². The van der Waals surface area contributed by atoms with Crippen molar-refractivity contribution < 1.29 is 96.2 Å². The van der Waals surface area contributed by atoms with Crippen LogP contribution in [-0.2, 0) is 71.0 Å². The number of aliphatic imine (C=N–C) groups is 5. The van der Waals surface area contributed by atoms with Crippen LogP contribution in [0.2, 0.25) is 0 Å². The van der Waals surface area contributed by atoms with Gasteiger partial charge in [0, 0.05) is 104 Å². The number of aliphatic hydroxyl groups is 4. The molecule has 0 saturated carbocycles. The van der Waals surface area contributed by atoms with Crippen LogP contribution in [0.3, 0.4) is 0 Å². The third-order valence-electron chi connectivity index (χ3n) is 32.7. The first-order chi connectivity index (χ1) is 64.4. The van der Waals surface area contributed by atoms with Crippen LogP contribution in [0.15, 0.2) is 123 Å². The number of Topliss-reactive ketones (excluding diaryl/α,β-unsaturated/α-hetero) is 1. The molecular weight excluding hydrogens is 1720 g/mol. The first-order valence-electron chi connectivity index (χ1n) is 48.3. The second-order valence-electron chi connectivity index (χ2n) is 39.3. The number of benzene rings is 5. The highest BCUT2D eigenvalue weighted by atomic mass is 19.1. The summed E-state index contributed by atoms with van der Waals surface area (Å²) in [4.78, 5) is 95.1. The molecule has 722 valence electrons. The highest BCUT2D eigenvalue weighted by Gasteiger charge is 2.61. The topological polar surface area (TPSA) is 338 Å². The van der Waals surface area contributed by atoms with Gasteiger partial charge in [0.2, 0.25) is 0 Å². The van der Waals surface area contributed by atoms with Crippen LogP contribution >= 0.6 is 0 Å². The summed E-state index contributed by atoms with van der Waals surface area (Å²) >= 11 is 0. The third-order valence-corrected chi connectivity index (χ3v) is 32.7. The molecule has 134 heavy (non-hydrogen) atoms. The zero-order valence-corrected chi connectivity index (χ0v) is 79.8. The molecule has 15 aliphatic rings. The quantitative estimate of drug-likeness (QED) is 0.0291. The minimum absolute atomic E-state index is 0.00185. The van der Waals surface area contributed by atoms with Gasteiger partial charge in [-0.15, -0.1) is 6.58 Å². The van der Waals surface area contributed by atoms with Crippen LogP contribution in [-0.4, -0.2) is 261 Å². The third kappa shape index (κ3) is 17.6. The van der Waals surface area contributed by atoms with Gasteiger partial charge in [-0.3, -0.25) is 68.6 Å². The Hall–Kier alpha value is -9.76. The lowest BCUT2D eigenvalue weighted by atomic mass is 9.71. The number of esters is 4. The van der Waals surface area contributed by atoms with Gasteiger partial charge in [-0.1, -0.05) is 83.7 Å². The van der Waals surface area contributed by atoms with Gasteiger partial charge >= 0.3 is 23.9 Å². The van der Waals surface area contributed by atoms with Crippen molar-refractivity contribution in [3.63, 3.8) is 0 Å². The molecule has 30 heteroatoms. The number of aromatic hydroxyl groups is 1. The Morgan fingerprint density at radius 3 is 1.06 bits per heavy atom. The minimum atomic E-state index is -1.57. The van der Waals surface area contributed by atoms with E-state index in [0.717, 1.165) is 156 Å². The van der Waals surface area contributed by atoms with Crippen molar-refractivity contribution in [2.45, 2.75) is 215 Å². The number of hydrogen-bond acceptors (Lipinski definition) is 28. The molecule has 10 saturated heterocycles. The summed E-state index contributed by atoms with van der Waals surface area (Å²) in [6, 6.07) is 25.1. The summed E-state index contributed by atoms with van der Waals surface area (Å²) in [5, 5.41) is 56.5. The maximum absolute atomic E-state index is 16.3. The maximum atomic E-state index is 16.3. The van der Waals surface area contributed by atoms with E-state index in [1.807, 2.05) is 60.7 Å². The normalized spacial score (nSPS) is 32.3. The fourth-order valence-electron chi connectivity index (χ4n) is 25.7. The van der Waals surface area contributed by atoms with Gasteiger partial charge < -0.3 is 68.2 Å². The van der Waals surface area contributed by atoms with Gasteiger partial charge in [-0.25, -0.2) is 8.78 Å². The van der Waals surface area contributed by atoms with Crippen LogP contribution in [0.1, 0.15) is 184 Å². The maximum Gasteiger partial charge on any atom is 0.305 e. The smallest absolute Gasteiger partial charge is 0.305 e. The second kappa shape index (κ2) is 39.7. The SMILES string of the molecule is C=C[C@@H]1CN2CC[C@@]3(O)C(=Nc4cccc(OC)c43)[C@H]2C[C@@H]1CC(=O)OC.CC[C@@H]1CN2CC[C@@]3(F)C(=Nc4cccc(OC)c43)[C@H]2C[C@@H]1CC(=O)OC.CC[C@@H]1CN2CC[C@@]3(O)C(=Nc4ccc(F)c(OC)c43)[C@H]2C[C@@H]1CC(C)=O.CC[C@@H]1CN2CC[C@@]3(O)C(=Nc4cccc(O)c43)[C@H]2C[C@@H]1CC(=O)OC.CC[C@@H]1CN2CC[C@@]3(O)C(=Nc4cccc(OC)c43)[C@@H]2C[C@@H]1CC(=O)OC. The second-order valence-corrected chi connectivity index (χ2v) is 39.3. The molecule has 0 amide bonds. The van der Waals surface area contributed by atoms with Crippen molar-refractivity contribution in [1.82, 2.24) is 24.5 Å². The van der Waals surface area contributed by atoms with Gasteiger partial charge in [0.25, 0.3) is 0 Å². The fourth-order valence-corrected chi connectivity index (χ4v) is 25.7. The highest BCUT2D eigenvalue weighted by Crippen LogP contribution is 2.59. The van der Waals surface area contributed by atoms with Crippen LogP contribution in [0.4, 0.5) is 37.2 Å². The van der Waals surface area contributed by atoms with E-state index in [2.05, 4.69) is 58.8 Å². The molecule has 20 rings (SSSR count). The van der Waals surface area contributed by atoms with E-state index in [1.165, 1.54) is 41.6 Å². The summed E-state index contributed by atoms with van der Waals surface area (Å²) in [6.45, 7) is 22.5. The molecule has 5 aromatic rings. The number of fused-ring (bicyclic) bond motifs is 25. The van der Waals surface area contributed by atoms with E-state index in [4.69, 9.17) is 62.9 Å². The van der Waals surface area contributed by atoms with Crippen LogP contribution in [0.5, 0.6) is 28.7 Å². The summed E-state index contributed by atoms with van der Waals surface area (Å²) in [6.07, 6.45) is 14.7. The number of carbonyl (C=O) groups is 5. The first kappa shape index (κ1) is 97.3. The summed E-state index contributed by atoms with van der Waals surface area (Å²) < 4.78 is 71.9. The number of phenols is 1. The Morgan fingerprint density at radius 2 is 0.694 bits per heavy atom. The van der Waals surface area contributed by atoms with Gasteiger partial charge in [0.05, 0.1) is 172 Å². The number of halogens is 2. The number of methoxy groups -OCH3 is 8. The van der Waals surface area contributed by atoms with E-state index in [-0.39, 0.29) is 101 Å². The zero-order valence-electron chi connectivity index (χ0n) is 79.8. The monoisotopic (exact) mass is 1850 g/mol. The average Bonchev–Trinajstić information content (AvgIpc) is 1.57. The van der Waals surface area contributed by atoms with Crippen LogP contribution < -0.4 is 18.9 Å². The van der Waals surface area contributed by atoms with Crippen molar-refractivity contribution in [1.29, 1.82) is 0 Å². The number of phenolic OH excluding ortho intramolecular Hbond substituents is 1. The lowest BCUT2D eigenvalue weighted by Crippen LogP contribution is -2.60. The summed E-state index contributed by atoms with van der Waals surface area (Å²) in [5.74, 6) is 4.24. The molecule has 0 aliphatic carbocycles. The number of rotatable bonds is 19. The van der Waals surface area contributed by atoms with Crippen molar-refractivity contribution in [2.24, 2.45) is 84.1 Å². The molecule has 0 spiro atoms. The van der Waals surface area contributed by atoms with E-state index in [9.17, 15) is 53.9 Å². The summed E-state index contributed by atoms with van der Waals surface area (Å²) in [7, 11) is 12.0. The Kier molecular flexibility index (Phi) is 28.9. The molecule has 0 unspecified atom stereocenters. The molecule has 15 aliphatic heterocycles. The number of piperidine rings is 10. The van der Waals surface area contributed by atoms with E-state index < -0.39 is 33.9 Å². The number of ether oxygens (including phenoxy) is 8. The predicted octanol–water partition coefficient (Wildman–Crippen LogP) is 14.3. The van der Waals surface area contributed by atoms with Gasteiger partial charge in [-0.2, -0.15) is 0 Å². The Morgan fingerprint density at radius 1 is 0.388 bits per heavy atom. The average molecular weight is 1850 g/mol. The Balaban J connectivity index is 0.000000122. The molecule has 0 bridgehead atoms. The molecule has 0 radical (unpaired) electrons. The van der Waals surface area contributed by atoms with Gasteiger partial charge in [0.15, 0.2) is 17.2 Å². The first-order valence-corrected chi connectivity index (χ1v) is 48.3. The van der Waals surface area contributed by atoms with E-state index >= 15 is 4.39 Å². The minimum Gasteiger partial charge on any atom is -0.507 e. The molecule has 15 heterocycles. The predicted molar refractivity (Wildman–Crippen MR) is 505 cm³/mol. The number of hydrogen-bond donors (Lipinski definition) is 5. The molecule has 0 aromatic heterocycles. The number of nitrogens with zero attached hydrogens (tertiary/aromatic N) is 10. The van der Waals surface area contributed by atoms with Crippen LogP contribution in [0, 0.1) is 65.0 Å². The molecule has 10 fully saturated rings. The lowest BCUT2D eigenvalue weighted by molar-refractivity contribution is -0.143. The molecule has 28 nitrogen and oxygen atoms in total. The van der Waals surface area contributed by atoms with Crippen LogP contribution in [0.25, 0.3) is 0 Å². The van der Waals surface area contributed by atoms with Crippen molar-refractivity contribution in [2.75, 3.05) is 122 Å². The number of carbonyl (C=O) groups excluding carboxylic acids is 5. The van der Waals surface area contributed by atoms with E-state index in [0.29, 0.717) is 163 Å². The van der Waals surface area contributed by atoms with Crippen molar-refractivity contribution >= 4 is 86.7 Å². The molecule has 20 atom stereocenters. The Bertz CT molecular complexity index is 5330. The summed E-state index contributed by atoms with van der Waals surface area (Å²) in [5.41, 5.74) is 4.04.